The summed E-state index contributed by atoms with van der Waals surface area (Å²) in [7, 11) is 0. The topological polar surface area (TPSA) is 107 Å². The number of halogens is 3. The molecular formula is C26H31BrF2O7. The normalized spacial score (nSPS) is 45.5. The quantitative estimate of drug-likeness (QED) is 0.404. The summed E-state index contributed by atoms with van der Waals surface area (Å²) in [5.74, 6) is -5.19. The van der Waals surface area contributed by atoms with Crippen LogP contribution in [0, 0.1) is 28.6 Å². The molecule has 0 amide bonds. The van der Waals surface area contributed by atoms with E-state index in [4.69, 9.17) is 9.47 Å². The Morgan fingerprint density at radius 2 is 1.83 bits per heavy atom. The number of alkyl halides is 2. The zero-order chi connectivity index (χ0) is 27.0. The van der Waals surface area contributed by atoms with Crippen LogP contribution < -0.4 is 0 Å². The molecule has 0 aromatic rings. The van der Waals surface area contributed by atoms with E-state index in [2.05, 4.69) is 15.9 Å². The van der Waals surface area contributed by atoms with Crippen LogP contribution >= 0.6 is 15.9 Å². The predicted octanol–water partition coefficient (Wildman–Crippen LogP) is 3.71. The smallest absolute Gasteiger partial charge is 0.303 e. The van der Waals surface area contributed by atoms with E-state index in [1.807, 2.05) is 0 Å². The molecule has 36 heavy (non-hydrogen) atoms. The van der Waals surface area contributed by atoms with Gasteiger partial charge in [0.1, 0.15) is 5.83 Å². The third-order valence-electron chi connectivity index (χ3n) is 9.35. The van der Waals surface area contributed by atoms with Gasteiger partial charge in [-0.3, -0.25) is 19.2 Å². The van der Waals surface area contributed by atoms with Gasteiger partial charge in [-0.05, 0) is 30.8 Å². The highest BCUT2D eigenvalue weighted by molar-refractivity contribution is 9.10. The van der Waals surface area contributed by atoms with Gasteiger partial charge in [-0.1, -0.05) is 42.8 Å². The van der Waals surface area contributed by atoms with Gasteiger partial charge in [0.25, 0.3) is 0 Å². The van der Waals surface area contributed by atoms with Crippen molar-refractivity contribution in [1.29, 1.82) is 0 Å². The van der Waals surface area contributed by atoms with Crippen LogP contribution in [0.15, 0.2) is 23.6 Å². The molecule has 2 saturated carbocycles. The Labute approximate surface area is 216 Å². The van der Waals surface area contributed by atoms with Crippen molar-refractivity contribution in [2.75, 3.05) is 6.61 Å². The second kappa shape index (κ2) is 8.55. The number of ketones is 2. The molecule has 2 fully saturated rings. The van der Waals surface area contributed by atoms with E-state index in [1.165, 1.54) is 13.0 Å². The lowest BCUT2D eigenvalue weighted by Gasteiger charge is -2.64. The molecule has 10 heteroatoms. The maximum atomic E-state index is 15.6. The molecule has 0 aliphatic heterocycles. The molecule has 9 atom stereocenters. The Hall–Kier alpha value is -1.94. The lowest BCUT2D eigenvalue weighted by atomic mass is 9.46. The molecule has 4 rings (SSSR count). The van der Waals surface area contributed by atoms with E-state index in [-0.39, 0.29) is 18.4 Å². The van der Waals surface area contributed by atoms with E-state index in [9.17, 15) is 24.3 Å². The maximum absolute atomic E-state index is 15.6. The number of allylic oxidation sites excluding steroid dienone is 4. The van der Waals surface area contributed by atoms with Gasteiger partial charge in [-0.15, -0.1) is 0 Å². The summed E-state index contributed by atoms with van der Waals surface area (Å²) in [5.41, 5.74) is -4.51. The molecule has 198 valence electrons. The first-order valence-corrected chi connectivity index (χ1v) is 12.9. The summed E-state index contributed by atoms with van der Waals surface area (Å²) in [4.78, 5) is 49.4. The number of ether oxygens (including phenoxy) is 2. The molecule has 0 bridgehead atoms. The van der Waals surface area contributed by atoms with Crippen LogP contribution in [0.25, 0.3) is 0 Å². The van der Waals surface area contributed by atoms with E-state index in [1.54, 1.807) is 20.8 Å². The number of Topliss-reactive ketones (excluding diaryl/α,β-unsaturated/α-hetero) is 1. The van der Waals surface area contributed by atoms with Gasteiger partial charge in [0.05, 0.1) is 10.4 Å². The molecule has 0 aromatic carbocycles. The highest BCUT2D eigenvalue weighted by Gasteiger charge is 2.77. The Morgan fingerprint density at radius 1 is 1.19 bits per heavy atom. The summed E-state index contributed by atoms with van der Waals surface area (Å²) in [6.07, 6.45) is -0.775. The number of esters is 2. The predicted molar refractivity (Wildman–Crippen MR) is 127 cm³/mol. The van der Waals surface area contributed by atoms with E-state index < -0.39 is 86.7 Å². The van der Waals surface area contributed by atoms with Gasteiger partial charge in [0.2, 0.25) is 5.78 Å². The minimum atomic E-state index is -2.15. The fourth-order valence-electron chi connectivity index (χ4n) is 7.92. The molecule has 0 saturated heterocycles. The van der Waals surface area contributed by atoms with Gasteiger partial charge in [0, 0.05) is 42.6 Å². The van der Waals surface area contributed by atoms with Crippen LogP contribution in [-0.4, -0.2) is 57.4 Å². The maximum Gasteiger partial charge on any atom is 0.303 e. The van der Waals surface area contributed by atoms with E-state index >= 15 is 8.78 Å². The number of carbonyl (C=O) groups is 4. The molecular weight excluding hydrogens is 542 g/mol. The van der Waals surface area contributed by atoms with Crippen LogP contribution in [-0.2, 0) is 28.7 Å². The third-order valence-corrected chi connectivity index (χ3v) is 11.3. The second-order valence-corrected chi connectivity index (χ2v) is 12.4. The van der Waals surface area contributed by atoms with Crippen molar-refractivity contribution in [3.05, 3.63) is 23.6 Å². The lowest BCUT2D eigenvalue weighted by molar-refractivity contribution is -0.201. The molecule has 0 radical (unpaired) electrons. The number of carbonyl (C=O) groups excluding carboxylic acids is 4. The number of hydrogen-bond acceptors (Lipinski definition) is 7. The summed E-state index contributed by atoms with van der Waals surface area (Å²) in [5, 5.41) is 11.7. The number of aliphatic hydroxyl groups excluding tert-OH is 1. The van der Waals surface area contributed by atoms with Gasteiger partial charge < -0.3 is 14.6 Å². The first-order valence-electron chi connectivity index (χ1n) is 12.1. The summed E-state index contributed by atoms with van der Waals surface area (Å²) in [6, 6.07) is 0. The Bertz CT molecular complexity index is 1100. The van der Waals surface area contributed by atoms with Gasteiger partial charge in [-0.25, -0.2) is 8.78 Å². The van der Waals surface area contributed by atoms with E-state index in [0.29, 0.717) is 6.42 Å². The Morgan fingerprint density at radius 3 is 2.42 bits per heavy atom. The SMILES string of the molecule is CC(=O)OCC(=O)[C@@]1(OC(C)=O)C(C)C[C@H]2[C@@H]3CC(F)=C4C(F)C(=O)C=C[C@]4(C)[C@@]3(Br)C(O)C[C@@]21C. The first-order chi connectivity index (χ1) is 16.6. The van der Waals surface area contributed by atoms with Crippen LogP contribution in [0.1, 0.15) is 53.9 Å². The van der Waals surface area contributed by atoms with Gasteiger partial charge in [0.15, 0.2) is 24.2 Å². The van der Waals surface area contributed by atoms with Gasteiger partial charge >= 0.3 is 11.9 Å². The van der Waals surface area contributed by atoms with Crippen molar-refractivity contribution in [2.45, 2.75) is 76.1 Å². The fourth-order valence-corrected chi connectivity index (χ4v) is 8.91. The lowest BCUT2D eigenvalue weighted by Crippen LogP contribution is -2.70. The van der Waals surface area contributed by atoms with Crippen molar-refractivity contribution in [2.24, 2.45) is 28.6 Å². The number of aliphatic hydroxyl groups is 1. The highest BCUT2D eigenvalue weighted by atomic mass is 79.9. The molecule has 0 spiro atoms. The van der Waals surface area contributed by atoms with Crippen molar-refractivity contribution in [3.63, 3.8) is 0 Å². The Balaban J connectivity index is 1.88. The molecule has 1 N–H and O–H groups in total. The van der Waals surface area contributed by atoms with Crippen molar-refractivity contribution in [1.82, 2.24) is 0 Å². The molecule has 0 heterocycles. The minimum Gasteiger partial charge on any atom is -0.458 e. The molecule has 4 aliphatic rings. The first kappa shape index (κ1) is 27.1. The summed E-state index contributed by atoms with van der Waals surface area (Å²) in [6.45, 7) is 6.82. The fraction of sp³-hybridized carbons (Fsp3) is 0.692. The summed E-state index contributed by atoms with van der Waals surface area (Å²) < 4.78 is 40.2. The number of hydrogen-bond donors (Lipinski definition) is 1. The second-order valence-electron chi connectivity index (χ2n) is 11.1. The van der Waals surface area contributed by atoms with Crippen molar-refractivity contribution >= 4 is 39.4 Å². The van der Waals surface area contributed by atoms with Crippen molar-refractivity contribution < 1.29 is 42.5 Å². The molecule has 7 nitrogen and oxygen atoms in total. The zero-order valence-electron chi connectivity index (χ0n) is 20.9. The standard InChI is InChI=1S/C26H31BrF2O7/c1-12-8-15-16-9-17(28)21-22(29)18(32)6-7-23(21,4)25(16,27)19(33)10-24(15,5)26(12,36-14(3)31)20(34)11-35-13(2)30/h6-7,12,15-16,19,22,33H,8-11H2,1-5H3/t12?,15-,16-,19?,22?,23-,24-,25-,26-/m0/s1. The monoisotopic (exact) mass is 572 g/mol. The highest BCUT2D eigenvalue weighted by Crippen LogP contribution is 2.73. The third kappa shape index (κ3) is 3.28. The minimum absolute atomic E-state index is 0.0356. The zero-order valence-corrected chi connectivity index (χ0v) is 22.5. The van der Waals surface area contributed by atoms with Crippen LogP contribution in [0.3, 0.4) is 0 Å². The van der Waals surface area contributed by atoms with Crippen LogP contribution in [0.2, 0.25) is 0 Å². The average molecular weight is 573 g/mol. The van der Waals surface area contributed by atoms with Crippen molar-refractivity contribution in [3.8, 4) is 0 Å². The van der Waals surface area contributed by atoms with E-state index in [0.717, 1.165) is 13.0 Å². The molecule has 0 aromatic heterocycles. The number of rotatable bonds is 4. The number of fused-ring (bicyclic) bond motifs is 5. The molecule has 4 aliphatic carbocycles. The van der Waals surface area contributed by atoms with Gasteiger partial charge in [-0.2, -0.15) is 0 Å². The van der Waals surface area contributed by atoms with Crippen LogP contribution in [0.5, 0.6) is 0 Å². The largest absolute Gasteiger partial charge is 0.458 e. The Kier molecular flexibility index (Phi) is 6.43. The molecule has 3 unspecified atom stereocenters. The average Bonchev–Trinajstić information content (AvgIpc) is 2.98. The summed E-state index contributed by atoms with van der Waals surface area (Å²) >= 11 is 3.72. The van der Waals surface area contributed by atoms with Crippen LogP contribution in [0.4, 0.5) is 8.78 Å².